The number of carboxylic acid groups (broad SMARTS) is 1. The quantitative estimate of drug-likeness (QED) is 0.841. The molecule has 22 heavy (non-hydrogen) atoms. The van der Waals surface area contributed by atoms with E-state index < -0.39 is 17.8 Å². The zero-order valence-corrected chi connectivity index (χ0v) is 12.7. The Morgan fingerprint density at radius 3 is 2.23 bits per heavy atom. The molecule has 0 spiro atoms. The van der Waals surface area contributed by atoms with Crippen molar-refractivity contribution in [1.29, 1.82) is 0 Å². The normalized spacial score (nSPS) is 21.6. The van der Waals surface area contributed by atoms with Gasteiger partial charge in [-0.3, -0.25) is 9.59 Å². The van der Waals surface area contributed by atoms with Crippen molar-refractivity contribution in [3.8, 4) is 0 Å². The molecule has 0 radical (unpaired) electrons. The highest BCUT2D eigenvalue weighted by Crippen LogP contribution is 2.34. The maximum Gasteiger partial charge on any atom is 0.307 e. The Morgan fingerprint density at radius 2 is 1.68 bits per heavy atom. The number of hydrogen-bond acceptors (Lipinski definition) is 2. The summed E-state index contributed by atoms with van der Waals surface area (Å²) in [4.78, 5) is 23.7. The number of benzene rings is 1. The SMILES string of the molecule is CC1=C(C)CC(C(=O)NCc2ccc(F)cc2)C(C(=O)O)C1. The van der Waals surface area contributed by atoms with Crippen LogP contribution >= 0.6 is 0 Å². The van der Waals surface area contributed by atoms with Crippen LogP contribution in [0.5, 0.6) is 0 Å². The predicted molar refractivity (Wildman–Crippen MR) is 80.5 cm³/mol. The summed E-state index contributed by atoms with van der Waals surface area (Å²) < 4.78 is 12.8. The molecule has 0 fully saturated rings. The first kappa shape index (κ1) is 16.2. The molecule has 1 aliphatic rings. The Labute approximate surface area is 129 Å². The van der Waals surface area contributed by atoms with E-state index in [4.69, 9.17) is 0 Å². The van der Waals surface area contributed by atoms with E-state index in [2.05, 4.69) is 5.32 Å². The summed E-state index contributed by atoms with van der Waals surface area (Å²) in [6.07, 6.45) is 0.883. The summed E-state index contributed by atoms with van der Waals surface area (Å²) in [6, 6.07) is 5.86. The highest BCUT2D eigenvalue weighted by Gasteiger charge is 2.37. The monoisotopic (exact) mass is 305 g/mol. The summed E-state index contributed by atoms with van der Waals surface area (Å²) in [5.41, 5.74) is 2.91. The lowest BCUT2D eigenvalue weighted by Gasteiger charge is -2.29. The Hall–Kier alpha value is -2.17. The van der Waals surface area contributed by atoms with Crippen LogP contribution < -0.4 is 5.32 Å². The molecule has 0 bridgehead atoms. The highest BCUT2D eigenvalue weighted by atomic mass is 19.1. The molecule has 2 N–H and O–H groups in total. The summed E-state index contributed by atoms with van der Waals surface area (Å²) in [6.45, 7) is 4.12. The summed E-state index contributed by atoms with van der Waals surface area (Å²) in [7, 11) is 0. The average molecular weight is 305 g/mol. The third kappa shape index (κ3) is 3.72. The van der Waals surface area contributed by atoms with Gasteiger partial charge in [-0.05, 0) is 44.4 Å². The Kier molecular flexibility index (Phi) is 4.96. The van der Waals surface area contributed by atoms with Crippen molar-refractivity contribution in [2.75, 3.05) is 0 Å². The van der Waals surface area contributed by atoms with E-state index in [9.17, 15) is 19.1 Å². The lowest BCUT2D eigenvalue weighted by molar-refractivity contribution is -0.147. The fourth-order valence-corrected chi connectivity index (χ4v) is 2.75. The van der Waals surface area contributed by atoms with E-state index in [1.807, 2.05) is 13.8 Å². The van der Waals surface area contributed by atoms with Gasteiger partial charge in [-0.25, -0.2) is 4.39 Å². The molecule has 1 aliphatic carbocycles. The lowest BCUT2D eigenvalue weighted by Crippen LogP contribution is -2.39. The molecule has 1 aromatic rings. The Bertz CT molecular complexity index is 607. The van der Waals surface area contributed by atoms with Crippen LogP contribution in [0.4, 0.5) is 4.39 Å². The van der Waals surface area contributed by atoms with Crippen LogP contribution in [0.1, 0.15) is 32.3 Å². The summed E-state index contributed by atoms with van der Waals surface area (Å²) in [5.74, 6) is -2.76. The van der Waals surface area contributed by atoms with Crippen LogP contribution in [0.2, 0.25) is 0 Å². The minimum absolute atomic E-state index is 0.261. The van der Waals surface area contributed by atoms with Crippen molar-refractivity contribution < 1.29 is 19.1 Å². The first-order valence-electron chi connectivity index (χ1n) is 7.28. The van der Waals surface area contributed by atoms with Crippen LogP contribution in [0.25, 0.3) is 0 Å². The standard InChI is InChI=1S/C17H20FNO3/c1-10-7-14(15(17(21)22)8-11(10)2)16(20)19-9-12-3-5-13(18)6-4-12/h3-6,14-15H,7-9H2,1-2H3,(H,19,20)(H,21,22). The van der Waals surface area contributed by atoms with Crippen LogP contribution in [0.3, 0.4) is 0 Å². The molecule has 1 aromatic carbocycles. The predicted octanol–water partition coefficient (Wildman–Crippen LogP) is 2.89. The van der Waals surface area contributed by atoms with Gasteiger partial charge in [-0.1, -0.05) is 23.3 Å². The molecule has 0 saturated carbocycles. The molecule has 0 saturated heterocycles. The number of hydrogen-bond donors (Lipinski definition) is 2. The van der Waals surface area contributed by atoms with E-state index >= 15 is 0 Å². The van der Waals surface area contributed by atoms with Crippen molar-refractivity contribution in [3.63, 3.8) is 0 Å². The third-order valence-corrected chi connectivity index (χ3v) is 4.30. The topological polar surface area (TPSA) is 66.4 Å². The zero-order chi connectivity index (χ0) is 16.3. The van der Waals surface area contributed by atoms with Crippen LogP contribution in [-0.2, 0) is 16.1 Å². The first-order valence-corrected chi connectivity index (χ1v) is 7.28. The van der Waals surface area contributed by atoms with Gasteiger partial charge in [0.2, 0.25) is 5.91 Å². The first-order chi connectivity index (χ1) is 10.4. The number of allylic oxidation sites excluding steroid dienone is 2. The average Bonchev–Trinajstić information content (AvgIpc) is 2.48. The summed E-state index contributed by atoms with van der Waals surface area (Å²) in [5, 5.41) is 12.1. The van der Waals surface area contributed by atoms with Gasteiger partial charge in [0.1, 0.15) is 5.82 Å². The number of nitrogens with one attached hydrogen (secondary N) is 1. The highest BCUT2D eigenvalue weighted by molar-refractivity contribution is 5.85. The van der Waals surface area contributed by atoms with Crippen LogP contribution in [0.15, 0.2) is 35.4 Å². The molecule has 2 unspecified atom stereocenters. The fraction of sp³-hybridized carbons (Fsp3) is 0.412. The fourth-order valence-electron chi connectivity index (χ4n) is 2.75. The summed E-state index contributed by atoms with van der Waals surface area (Å²) >= 11 is 0. The van der Waals surface area contributed by atoms with Gasteiger partial charge in [-0.15, -0.1) is 0 Å². The van der Waals surface area contributed by atoms with Gasteiger partial charge in [0, 0.05) is 6.54 Å². The molecular weight excluding hydrogens is 285 g/mol. The molecule has 0 aliphatic heterocycles. The van der Waals surface area contributed by atoms with E-state index in [-0.39, 0.29) is 18.3 Å². The van der Waals surface area contributed by atoms with Gasteiger partial charge in [0.05, 0.1) is 11.8 Å². The van der Waals surface area contributed by atoms with Crippen molar-refractivity contribution in [1.82, 2.24) is 5.32 Å². The molecule has 4 nitrogen and oxygen atoms in total. The molecular formula is C17H20FNO3. The number of carbonyl (C=O) groups excluding carboxylic acids is 1. The third-order valence-electron chi connectivity index (χ3n) is 4.30. The second kappa shape index (κ2) is 6.73. The van der Waals surface area contributed by atoms with Crippen molar-refractivity contribution in [2.45, 2.75) is 33.2 Å². The number of halogens is 1. The molecule has 2 atom stereocenters. The second-order valence-corrected chi connectivity index (χ2v) is 5.86. The van der Waals surface area contributed by atoms with Crippen LogP contribution in [-0.4, -0.2) is 17.0 Å². The maximum absolute atomic E-state index is 12.8. The number of rotatable bonds is 4. The Balaban J connectivity index is 2.04. The minimum atomic E-state index is -0.936. The van der Waals surface area contributed by atoms with Crippen molar-refractivity contribution in [3.05, 3.63) is 46.8 Å². The number of carbonyl (C=O) groups is 2. The van der Waals surface area contributed by atoms with Gasteiger partial charge >= 0.3 is 5.97 Å². The van der Waals surface area contributed by atoms with Crippen molar-refractivity contribution in [2.24, 2.45) is 11.8 Å². The molecule has 2 rings (SSSR count). The van der Waals surface area contributed by atoms with E-state index in [0.717, 1.165) is 16.7 Å². The number of carboxylic acids is 1. The van der Waals surface area contributed by atoms with Crippen LogP contribution in [0, 0.1) is 17.7 Å². The second-order valence-electron chi connectivity index (χ2n) is 5.86. The maximum atomic E-state index is 12.8. The zero-order valence-electron chi connectivity index (χ0n) is 12.7. The largest absolute Gasteiger partial charge is 0.481 e. The molecule has 0 heterocycles. The minimum Gasteiger partial charge on any atom is -0.481 e. The molecule has 1 amide bonds. The van der Waals surface area contributed by atoms with E-state index in [1.54, 1.807) is 12.1 Å². The Morgan fingerprint density at radius 1 is 1.14 bits per heavy atom. The smallest absolute Gasteiger partial charge is 0.307 e. The molecule has 0 aromatic heterocycles. The number of amides is 1. The van der Waals surface area contributed by atoms with Crippen molar-refractivity contribution >= 4 is 11.9 Å². The molecule has 118 valence electrons. The van der Waals surface area contributed by atoms with E-state index in [0.29, 0.717) is 12.8 Å². The van der Waals surface area contributed by atoms with Gasteiger partial charge in [0.25, 0.3) is 0 Å². The lowest BCUT2D eigenvalue weighted by atomic mass is 9.76. The van der Waals surface area contributed by atoms with Gasteiger partial charge < -0.3 is 10.4 Å². The van der Waals surface area contributed by atoms with Gasteiger partial charge in [0.15, 0.2) is 0 Å². The van der Waals surface area contributed by atoms with E-state index in [1.165, 1.54) is 12.1 Å². The molecule has 5 heteroatoms. The van der Waals surface area contributed by atoms with Gasteiger partial charge in [-0.2, -0.15) is 0 Å². The number of aliphatic carboxylic acids is 1.